The molecule has 0 amide bonds. The van der Waals surface area contributed by atoms with Gasteiger partial charge in [0.05, 0.1) is 4.88 Å². The van der Waals surface area contributed by atoms with Gasteiger partial charge in [0.15, 0.2) is 0 Å². The number of hydrogen-bond acceptors (Lipinski definition) is 3. The van der Waals surface area contributed by atoms with Crippen LogP contribution in [0, 0.1) is 11.8 Å². The standard InChI is InChI=1S/C13H17NOS/c1-2-14(11-5-6-11)10-13-8-7-12(16-13)4-3-9-15/h7-8,11,15H,2,5-6,9-10H2,1H3. The van der Waals surface area contributed by atoms with E-state index >= 15 is 0 Å². The second kappa shape index (κ2) is 5.49. The summed E-state index contributed by atoms with van der Waals surface area (Å²) in [5.41, 5.74) is 0. The summed E-state index contributed by atoms with van der Waals surface area (Å²) in [4.78, 5) is 4.95. The van der Waals surface area contributed by atoms with Gasteiger partial charge in [0.2, 0.25) is 0 Å². The van der Waals surface area contributed by atoms with E-state index in [1.807, 2.05) is 6.07 Å². The molecular weight excluding hydrogens is 218 g/mol. The van der Waals surface area contributed by atoms with Crippen LogP contribution in [0.25, 0.3) is 0 Å². The van der Waals surface area contributed by atoms with Crippen LogP contribution >= 0.6 is 11.3 Å². The van der Waals surface area contributed by atoms with Gasteiger partial charge < -0.3 is 5.11 Å². The highest BCUT2D eigenvalue weighted by molar-refractivity contribution is 7.12. The maximum Gasteiger partial charge on any atom is 0.104 e. The monoisotopic (exact) mass is 235 g/mol. The Morgan fingerprint density at radius 3 is 2.94 bits per heavy atom. The quantitative estimate of drug-likeness (QED) is 0.808. The van der Waals surface area contributed by atoms with Gasteiger partial charge in [-0.15, -0.1) is 11.3 Å². The average Bonchev–Trinajstić information content (AvgIpc) is 3.04. The van der Waals surface area contributed by atoms with Crippen LogP contribution in [0.5, 0.6) is 0 Å². The normalized spacial score (nSPS) is 14.9. The molecule has 0 bridgehead atoms. The zero-order chi connectivity index (χ0) is 11.4. The summed E-state index contributed by atoms with van der Waals surface area (Å²) in [5.74, 6) is 5.63. The van der Waals surface area contributed by atoms with Gasteiger partial charge in [-0.05, 0) is 31.5 Å². The molecule has 0 unspecified atom stereocenters. The number of hydrogen-bond donors (Lipinski definition) is 1. The van der Waals surface area contributed by atoms with Crippen LogP contribution in [-0.2, 0) is 6.54 Å². The van der Waals surface area contributed by atoms with Crippen LogP contribution in [0.4, 0.5) is 0 Å². The first-order valence-corrected chi connectivity index (χ1v) is 6.57. The molecule has 1 N–H and O–H groups in total. The van der Waals surface area contributed by atoms with E-state index in [4.69, 9.17) is 5.11 Å². The molecule has 0 atom stereocenters. The Labute approximate surface area is 101 Å². The number of rotatable bonds is 4. The number of thiophene rings is 1. The molecule has 2 nitrogen and oxygen atoms in total. The summed E-state index contributed by atoms with van der Waals surface area (Å²) in [7, 11) is 0. The van der Waals surface area contributed by atoms with Crippen molar-refractivity contribution in [3.8, 4) is 11.8 Å². The van der Waals surface area contributed by atoms with Crippen molar-refractivity contribution in [1.29, 1.82) is 0 Å². The Kier molecular flexibility index (Phi) is 4.00. The van der Waals surface area contributed by atoms with Crippen LogP contribution < -0.4 is 0 Å². The van der Waals surface area contributed by atoms with Crippen molar-refractivity contribution in [2.75, 3.05) is 13.2 Å². The molecule has 0 aliphatic heterocycles. The van der Waals surface area contributed by atoms with Gasteiger partial charge in [0.25, 0.3) is 0 Å². The zero-order valence-corrected chi connectivity index (χ0v) is 10.4. The lowest BCUT2D eigenvalue weighted by Crippen LogP contribution is -2.24. The molecule has 2 rings (SSSR count). The highest BCUT2D eigenvalue weighted by atomic mass is 32.1. The SMILES string of the molecule is CCN(Cc1ccc(C#CCO)s1)C1CC1. The van der Waals surface area contributed by atoms with Gasteiger partial charge in [0, 0.05) is 17.5 Å². The topological polar surface area (TPSA) is 23.5 Å². The Balaban J connectivity index is 1.95. The molecule has 1 aliphatic rings. The van der Waals surface area contributed by atoms with Gasteiger partial charge in [-0.1, -0.05) is 18.8 Å². The Bertz CT molecular complexity index is 398. The van der Waals surface area contributed by atoms with Crippen molar-refractivity contribution < 1.29 is 5.11 Å². The fraction of sp³-hybridized carbons (Fsp3) is 0.538. The minimum atomic E-state index is -0.0591. The van der Waals surface area contributed by atoms with Crippen molar-refractivity contribution in [3.63, 3.8) is 0 Å². The maximum absolute atomic E-state index is 8.62. The first kappa shape index (κ1) is 11.7. The molecule has 1 aliphatic carbocycles. The lowest BCUT2D eigenvalue weighted by molar-refractivity contribution is 0.272. The van der Waals surface area contributed by atoms with Crippen LogP contribution in [0.15, 0.2) is 12.1 Å². The van der Waals surface area contributed by atoms with Crippen LogP contribution in [0.3, 0.4) is 0 Å². The Hall–Kier alpha value is -0.820. The molecule has 0 aromatic carbocycles. The average molecular weight is 235 g/mol. The van der Waals surface area contributed by atoms with Gasteiger partial charge in [-0.3, -0.25) is 4.90 Å². The highest BCUT2D eigenvalue weighted by Gasteiger charge is 2.27. The van der Waals surface area contributed by atoms with Crippen molar-refractivity contribution in [2.45, 2.75) is 32.4 Å². The molecule has 86 valence electrons. The van der Waals surface area contributed by atoms with E-state index in [1.165, 1.54) is 17.7 Å². The molecule has 0 spiro atoms. The number of aliphatic hydroxyl groups is 1. The maximum atomic E-state index is 8.62. The smallest absolute Gasteiger partial charge is 0.104 e. The second-order valence-electron chi connectivity index (χ2n) is 4.02. The highest BCUT2D eigenvalue weighted by Crippen LogP contribution is 2.29. The van der Waals surface area contributed by atoms with E-state index < -0.39 is 0 Å². The summed E-state index contributed by atoms with van der Waals surface area (Å²) in [6.45, 7) is 4.33. The van der Waals surface area contributed by atoms with Crippen molar-refractivity contribution in [1.82, 2.24) is 4.90 Å². The molecule has 1 heterocycles. The van der Waals surface area contributed by atoms with Crippen molar-refractivity contribution in [2.24, 2.45) is 0 Å². The molecule has 1 aromatic heterocycles. The van der Waals surface area contributed by atoms with E-state index in [2.05, 4.69) is 29.7 Å². The fourth-order valence-electron chi connectivity index (χ4n) is 1.80. The Morgan fingerprint density at radius 2 is 2.31 bits per heavy atom. The summed E-state index contributed by atoms with van der Waals surface area (Å²) in [6, 6.07) is 5.01. The second-order valence-corrected chi connectivity index (χ2v) is 5.19. The number of aliphatic hydroxyl groups excluding tert-OH is 1. The predicted molar refractivity (Wildman–Crippen MR) is 67.4 cm³/mol. The van der Waals surface area contributed by atoms with Crippen LogP contribution in [0.1, 0.15) is 29.5 Å². The first-order chi connectivity index (χ1) is 7.83. The van der Waals surface area contributed by atoms with Crippen molar-refractivity contribution in [3.05, 3.63) is 21.9 Å². The summed E-state index contributed by atoms with van der Waals surface area (Å²) in [6.07, 6.45) is 2.72. The third-order valence-electron chi connectivity index (χ3n) is 2.78. The molecule has 3 heteroatoms. The summed E-state index contributed by atoms with van der Waals surface area (Å²) >= 11 is 1.74. The minimum absolute atomic E-state index is 0.0591. The molecule has 0 saturated heterocycles. The van der Waals surface area contributed by atoms with E-state index in [-0.39, 0.29) is 6.61 Å². The van der Waals surface area contributed by atoms with Crippen molar-refractivity contribution >= 4 is 11.3 Å². The molecule has 1 aromatic rings. The molecule has 16 heavy (non-hydrogen) atoms. The molecule has 1 saturated carbocycles. The van der Waals surface area contributed by atoms with Gasteiger partial charge >= 0.3 is 0 Å². The summed E-state index contributed by atoms with van der Waals surface area (Å²) in [5, 5.41) is 8.62. The first-order valence-electron chi connectivity index (χ1n) is 5.76. The molecule has 1 fully saturated rings. The predicted octanol–water partition coefficient (Wildman–Crippen LogP) is 2.08. The van der Waals surface area contributed by atoms with E-state index in [0.29, 0.717) is 0 Å². The zero-order valence-electron chi connectivity index (χ0n) is 9.57. The minimum Gasteiger partial charge on any atom is -0.384 e. The third-order valence-corrected chi connectivity index (χ3v) is 3.77. The van der Waals surface area contributed by atoms with E-state index in [1.54, 1.807) is 11.3 Å². The molecule has 0 radical (unpaired) electrons. The summed E-state index contributed by atoms with van der Waals surface area (Å²) < 4.78 is 0. The lowest BCUT2D eigenvalue weighted by atomic mass is 10.3. The lowest BCUT2D eigenvalue weighted by Gasteiger charge is -2.18. The molecular formula is C13H17NOS. The Morgan fingerprint density at radius 1 is 1.50 bits per heavy atom. The van der Waals surface area contributed by atoms with Crippen LogP contribution in [0.2, 0.25) is 0 Å². The fourth-order valence-corrected chi connectivity index (χ4v) is 2.70. The van der Waals surface area contributed by atoms with Gasteiger partial charge in [-0.25, -0.2) is 0 Å². The van der Waals surface area contributed by atoms with Gasteiger partial charge in [-0.2, -0.15) is 0 Å². The largest absolute Gasteiger partial charge is 0.384 e. The van der Waals surface area contributed by atoms with E-state index in [0.717, 1.165) is 24.0 Å². The number of nitrogens with zero attached hydrogens (tertiary/aromatic N) is 1. The van der Waals surface area contributed by atoms with E-state index in [9.17, 15) is 0 Å². The van der Waals surface area contributed by atoms with Gasteiger partial charge in [0.1, 0.15) is 6.61 Å². The third kappa shape index (κ3) is 3.08. The van der Waals surface area contributed by atoms with Crippen LogP contribution in [-0.4, -0.2) is 29.2 Å².